The molecule has 0 aromatic rings. The molecule has 0 spiro atoms. The van der Waals surface area contributed by atoms with Gasteiger partial charge in [0.15, 0.2) is 0 Å². The summed E-state index contributed by atoms with van der Waals surface area (Å²) in [4.78, 5) is 11.3. The van der Waals surface area contributed by atoms with Crippen molar-refractivity contribution in [2.24, 2.45) is 5.92 Å². The second-order valence-electron chi connectivity index (χ2n) is 6.62. The molecule has 0 aromatic carbocycles. The lowest BCUT2D eigenvalue weighted by Gasteiger charge is -2.19. The molecule has 3 heteroatoms. The fraction of sp³-hybridized carbons (Fsp3) is 0.947. The summed E-state index contributed by atoms with van der Waals surface area (Å²) in [5.41, 5.74) is 0. The Kier molecular flexibility index (Phi) is 14.9. The van der Waals surface area contributed by atoms with Crippen LogP contribution in [0.4, 0.5) is 0 Å². The van der Waals surface area contributed by atoms with Crippen molar-refractivity contribution >= 4 is 5.97 Å². The van der Waals surface area contributed by atoms with Crippen LogP contribution in [0.15, 0.2) is 0 Å². The van der Waals surface area contributed by atoms with Gasteiger partial charge in [0.1, 0.15) is 0 Å². The van der Waals surface area contributed by atoms with Gasteiger partial charge in [-0.05, 0) is 12.8 Å². The van der Waals surface area contributed by atoms with Gasteiger partial charge in [-0.25, -0.2) is 0 Å². The minimum atomic E-state index is -0.830. The van der Waals surface area contributed by atoms with E-state index < -0.39 is 18.0 Å². The van der Waals surface area contributed by atoms with Gasteiger partial charge >= 0.3 is 5.97 Å². The van der Waals surface area contributed by atoms with Crippen LogP contribution in [0.2, 0.25) is 0 Å². The minimum absolute atomic E-state index is 0.568. The predicted molar refractivity (Wildman–Crippen MR) is 93.1 cm³/mol. The topological polar surface area (TPSA) is 57.5 Å². The van der Waals surface area contributed by atoms with Gasteiger partial charge < -0.3 is 10.2 Å². The Morgan fingerprint density at radius 1 is 0.727 bits per heavy atom. The van der Waals surface area contributed by atoms with Crippen LogP contribution < -0.4 is 0 Å². The lowest BCUT2D eigenvalue weighted by molar-refractivity contribution is -0.146. The van der Waals surface area contributed by atoms with Crippen LogP contribution in [0.1, 0.15) is 104 Å². The fourth-order valence-corrected chi connectivity index (χ4v) is 2.96. The Morgan fingerprint density at radius 2 is 1.14 bits per heavy atom. The van der Waals surface area contributed by atoms with E-state index in [1.54, 1.807) is 0 Å². The van der Waals surface area contributed by atoms with Gasteiger partial charge in [-0.3, -0.25) is 4.79 Å². The molecule has 0 saturated carbocycles. The third-order valence-electron chi connectivity index (χ3n) is 4.50. The molecule has 0 unspecified atom stereocenters. The number of carbonyl (C=O) groups is 1. The summed E-state index contributed by atoms with van der Waals surface area (Å²) in [6.07, 6.45) is 14.7. The van der Waals surface area contributed by atoms with E-state index in [9.17, 15) is 15.0 Å². The molecule has 2 N–H and O–H groups in total. The molecule has 3 nitrogen and oxygen atoms in total. The number of rotatable bonds is 16. The molecular weight excluding hydrogens is 276 g/mol. The highest BCUT2D eigenvalue weighted by Gasteiger charge is 2.25. The van der Waals surface area contributed by atoms with E-state index in [2.05, 4.69) is 13.8 Å². The zero-order valence-corrected chi connectivity index (χ0v) is 14.9. The van der Waals surface area contributed by atoms with E-state index in [-0.39, 0.29) is 0 Å². The first kappa shape index (κ1) is 21.4. The number of unbranched alkanes of at least 4 members (excludes halogenated alkanes) is 10. The van der Waals surface area contributed by atoms with Gasteiger partial charge in [0.05, 0.1) is 12.0 Å². The summed E-state index contributed by atoms with van der Waals surface area (Å²) < 4.78 is 0. The molecule has 0 aliphatic carbocycles. The van der Waals surface area contributed by atoms with Crippen LogP contribution in [-0.4, -0.2) is 22.3 Å². The van der Waals surface area contributed by atoms with Crippen LogP contribution >= 0.6 is 0 Å². The maximum atomic E-state index is 11.3. The number of carboxylic acids is 1. The largest absolute Gasteiger partial charge is 0.481 e. The molecule has 0 fully saturated rings. The highest BCUT2D eigenvalue weighted by molar-refractivity contribution is 5.70. The van der Waals surface area contributed by atoms with Crippen LogP contribution in [0.25, 0.3) is 0 Å². The first-order chi connectivity index (χ1) is 10.6. The van der Waals surface area contributed by atoms with Crippen LogP contribution in [0, 0.1) is 5.92 Å². The second kappa shape index (κ2) is 15.3. The summed E-state index contributed by atoms with van der Waals surface area (Å²) in [5, 5.41) is 19.4. The Morgan fingerprint density at radius 3 is 1.64 bits per heavy atom. The molecule has 0 amide bonds. The molecule has 0 heterocycles. The second-order valence-corrected chi connectivity index (χ2v) is 6.62. The van der Waals surface area contributed by atoms with Gasteiger partial charge in [0, 0.05) is 0 Å². The van der Waals surface area contributed by atoms with Crippen molar-refractivity contribution in [1.82, 2.24) is 0 Å². The third kappa shape index (κ3) is 12.0. The first-order valence-electron chi connectivity index (χ1n) is 9.54. The average molecular weight is 315 g/mol. The maximum Gasteiger partial charge on any atom is 0.309 e. The van der Waals surface area contributed by atoms with Crippen molar-refractivity contribution < 1.29 is 15.0 Å². The number of aliphatic hydroxyl groups excluding tert-OH is 1. The fourth-order valence-electron chi connectivity index (χ4n) is 2.96. The lowest BCUT2D eigenvalue weighted by atomic mass is 9.91. The Hall–Kier alpha value is -0.570. The standard InChI is InChI=1S/C19H38O3/c1-3-5-7-9-10-11-12-14-16-18(20)17(19(21)22)15-13-8-6-4-2/h17-18,20H,3-16H2,1-2H3,(H,21,22)/t17-,18-/m1/s1. The molecule has 132 valence electrons. The zero-order chi connectivity index (χ0) is 16.6. The van der Waals surface area contributed by atoms with Crippen LogP contribution in [0.3, 0.4) is 0 Å². The van der Waals surface area contributed by atoms with Gasteiger partial charge in [-0.2, -0.15) is 0 Å². The van der Waals surface area contributed by atoms with Crippen LogP contribution in [-0.2, 0) is 4.79 Å². The van der Waals surface area contributed by atoms with Crippen LogP contribution in [0.5, 0.6) is 0 Å². The molecule has 0 radical (unpaired) electrons. The van der Waals surface area contributed by atoms with E-state index in [1.807, 2.05) is 0 Å². The molecule has 0 aliphatic heterocycles. The van der Waals surface area contributed by atoms with Gasteiger partial charge in [0.25, 0.3) is 0 Å². The number of hydrogen-bond donors (Lipinski definition) is 2. The number of carboxylic acid groups (broad SMARTS) is 1. The highest BCUT2D eigenvalue weighted by atomic mass is 16.4. The molecule has 0 bridgehead atoms. The van der Waals surface area contributed by atoms with E-state index in [0.717, 1.165) is 38.5 Å². The molecule has 0 saturated heterocycles. The van der Waals surface area contributed by atoms with E-state index in [4.69, 9.17) is 0 Å². The SMILES string of the molecule is CCCCCCCCCC[C@@H](O)[C@@H](CCCCCC)C(=O)O. The van der Waals surface area contributed by atoms with E-state index in [1.165, 1.54) is 38.5 Å². The Bertz CT molecular complexity index is 253. The summed E-state index contributed by atoms with van der Waals surface area (Å²) in [5.74, 6) is -1.40. The first-order valence-corrected chi connectivity index (χ1v) is 9.54. The summed E-state index contributed by atoms with van der Waals surface area (Å²) in [7, 11) is 0. The maximum absolute atomic E-state index is 11.3. The highest BCUT2D eigenvalue weighted by Crippen LogP contribution is 2.20. The molecule has 0 aliphatic rings. The van der Waals surface area contributed by atoms with Crippen molar-refractivity contribution in [1.29, 1.82) is 0 Å². The Balaban J connectivity index is 3.70. The monoisotopic (exact) mass is 314 g/mol. The van der Waals surface area contributed by atoms with Crippen molar-refractivity contribution in [2.45, 2.75) is 110 Å². The van der Waals surface area contributed by atoms with Crippen molar-refractivity contribution in [2.75, 3.05) is 0 Å². The smallest absolute Gasteiger partial charge is 0.309 e. The molecule has 22 heavy (non-hydrogen) atoms. The Labute approximate surface area is 137 Å². The molecule has 0 aromatic heterocycles. The van der Waals surface area contributed by atoms with Gasteiger partial charge in [0.2, 0.25) is 0 Å². The quantitative estimate of drug-likeness (QED) is 0.367. The van der Waals surface area contributed by atoms with Crippen molar-refractivity contribution in [3.05, 3.63) is 0 Å². The zero-order valence-electron chi connectivity index (χ0n) is 14.9. The normalized spacial score (nSPS) is 14.0. The summed E-state index contributed by atoms with van der Waals surface area (Å²) in [6.45, 7) is 4.37. The number of aliphatic carboxylic acids is 1. The molecule has 0 rings (SSSR count). The molecular formula is C19H38O3. The number of aliphatic hydroxyl groups is 1. The number of hydrogen-bond acceptors (Lipinski definition) is 2. The van der Waals surface area contributed by atoms with Crippen molar-refractivity contribution in [3.8, 4) is 0 Å². The third-order valence-corrected chi connectivity index (χ3v) is 4.50. The lowest BCUT2D eigenvalue weighted by Crippen LogP contribution is -2.28. The van der Waals surface area contributed by atoms with Gasteiger partial charge in [-0.1, -0.05) is 90.9 Å². The van der Waals surface area contributed by atoms with Gasteiger partial charge in [-0.15, -0.1) is 0 Å². The predicted octanol–water partition coefficient (Wildman–Crippen LogP) is 5.55. The minimum Gasteiger partial charge on any atom is -0.481 e. The van der Waals surface area contributed by atoms with Crippen molar-refractivity contribution in [3.63, 3.8) is 0 Å². The van der Waals surface area contributed by atoms with E-state index in [0.29, 0.717) is 12.8 Å². The summed E-state index contributed by atoms with van der Waals surface area (Å²) >= 11 is 0. The average Bonchev–Trinajstić information content (AvgIpc) is 2.49. The molecule has 2 atom stereocenters. The summed E-state index contributed by atoms with van der Waals surface area (Å²) in [6, 6.07) is 0. The van der Waals surface area contributed by atoms with E-state index >= 15 is 0 Å².